The first-order valence-corrected chi connectivity index (χ1v) is 6.34. The van der Waals surface area contributed by atoms with Crippen LogP contribution in [0.3, 0.4) is 0 Å². The van der Waals surface area contributed by atoms with E-state index < -0.39 is 0 Å². The zero-order chi connectivity index (χ0) is 13.3. The summed E-state index contributed by atoms with van der Waals surface area (Å²) in [5, 5.41) is 4.23. The number of benzene rings is 1. The van der Waals surface area contributed by atoms with E-state index in [2.05, 4.69) is 21.0 Å². The molecule has 1 heterocycles. The number of ketones is 1. The lowest BCUT2D eigenvalue weighted by Crippen LogP contribution is -2.09. The fourth-order valence-electron chi connectivity index (χ4n) is 1.85. The Morgan fingerprint density at radius 3 is 2.78 bits per heavy atom. The smallest absolute Gasteiger partial charge is 0.170 e. The third-order valence-electron chi connectivity index (χ3n) is 2.73. The van der Waals surface area contributed by atoms with Gasteiger partial charge >= 0.3 is 0 Å². The van der Waals surface area contributed by atoms with Crippen molar-refractivity contribution in [2.45, 2.75) is 13.3 Å². The standard InChI is InChI=1S/C13H14BrN3O/c1-8-5-10(17(2)16-8)7-13(18)11-6-9(15)3-4-12(11)14/h3-6H,7,15H2,1-2H3. The van der Waals surface area contributed by atoms with Crippen molar-refractivity contribution in [3.8, 4) is 0 Å². The Bertz CT molecular complexity index is 604. The molecule has 0 bridgehead atoms. The molecule has 18 heavy (non-hydrogen) atoms. The van der Waals surface area contributed by atoms with Gasteiger partial charge in [-0.15, -0.1) is 0 Å². The summed E-state index contributed by atoms with van der Waals surface area (Å²) in [6, 6.07) is 7.15. The molecule has 0 atom stereocenters. The number of aryl methyl sites for hydroxylation is 2. The molecule has 0 unspecified atom stereocenters. The molecular weight excluding hydrogens is 294 g/mol. The third kappa shape index (κ3) is 2.61. The number of rotatable bonds is 3. The summed E-state index contributed by atoms with van der Waals surface area (Å²) in [5.41, 5.74) is 8.70. The van der Waals surface area contributed by atoms with Gasteiger partial charge in [-0.3, -0.25) is 9.48 Å². The van der Waals surface area contributed by atoms with Gasteiger partial charge in [-0.1, -0.05) is 15.9 Å². The molecule has 94 valence electrons. The Morgan fingerprint density at radius 2 is 2.17 bits per heavy atom. The number of hydrogen-bond acceptors (Lipinski definition) is 3. The zero-order valence-corrected chi connectivity index (χ0v) is 11.9. The Balaban J connectivity index is 2.27. The molecule has 1 aromatic heterocycles. The quantitative estimate of drug-likeness (QED) is 0.700. The summed E-state index contributed by atoms with van der Waals surface area (Å²) in [6.07, 6.45) is 0.319. The molecule has 1 aromatic carbocycles. The van der Waals surface area contributed by atoms with E-state index in [1.165, 1.54) is 0 Å². The summed E-state index contributed by atoms with van der Waals surface area (Å²) in [7, 11) is 1.84. The minimum Gasteiger partial charge on any atom is -0.399 e. The minimum atomic E-state index is 0.0252. The maximum atomic E-state index is 12.2. The van der Waals surface area contributed by atoms with Gasteiger partial charge in [0.2, 0.25) is 0 Å². The van der Waals surface area contributed by atoms with E-state index in [0.29, 0.717) is 17.7 Å². The number of carbonyl (C=O) groups excluding carboxylic acids is 1. The number of halogens is 1. The fourth-order valence-corrected chi connectivity index (χ4v) is 2.31. The molecule has 2 aromatic rings. The zero-order valence-electron chi connectivity index (χ0n) is 10.3. The predicted octanol–water partition coefficient (Wildman–Crippen LogP) is 2.50. The van der Waals surface area contributed by atoms with Crippen LogP contribution < -0.4 is 5.73 Å². The second-order valence-corrected chi connectivity index (χ2v) is 5.09. The van der Waals surface area contributed by atoms with E-state index in [0.717, 1.165) is 15.9 Å². The van der Waals surface area contributed by atoms with Crippen molar-refractivity contribution in [3.05, 3.63) is 45.7 Å². The molecular formula is C13H14BrN3O. The van der Waals surface area contributed by atoms with Crippen LogP contribution in [0.5, 0.6) is 0 Å². The van der Waals surface area contributed by atoms with Gasteiger partial charge in [0.05, 0.1) is 12.1 Å². The van der Waals surface area contributed by atoms with Crippen LogP contribution in [0.25, 0.3) is 0 Å². The highest BCUT2D eigenvalue weighted by molar-refractivity contribution is 9.10. The van der Waals surface area contributed by atoms with Crippen LogP contribution in [-0.2, 0) is 13.5 Å². The summed E-state index contributed by atoms with van der Waals surface area (Å²) in [6.45, 7) is 1.91. The second-order valence-electron chi connectivity index (χ2n) is 4.24. The second kappa shape index (κ2) is 4.94. The van der Waals surface area contributed by atoms with Crippen LogP contribution in [0.1, 0.15) is 21.7 Å². The first kappa shape index (κ1) is 12.8. The first-order valence-electron chi connectivity index (χ1n) is 5.55. The van der Waals surface area contributed by atoms with Gasteiger partial charge in [-0.05, 0) is 31.2 Å². The van der Waals surface area contributed by atoms with Crippen LogP contribution in [0.2, 0.25) is 0 Å². The van der Waals surface area contributed by atoms with Crippen LogP contribution in [0.4, 0.5) is 5.69 Å². The monoisotopic (exact) mass is 307 g/mol. The SMILES string of the molecule is Cc1cc(CC(=O)c2cc(N)ccc2Br)n(C)n1. The molecule has 0 amide bonds. The molecule has 0 spiro atoms. The van der Waals surface area contributed by atoms with Gasteiger partial charge < -0.3 is 5.73 Å². The molecule has 0 saturated carbocycles. The largest absolute Gasteiger partial charge is 0.399 e. The molecule has 0 saturated heterocycles. The molecule has 0 aliphatic carbocycles. The Labute approximate surface area is 114 Å². The Hall–Kier alpha value is -1.62. The average molecular weight is 308 g/mol. The van der Waals surface area contributed by atoms with E-state index in [9.17, 15) is 4.79 Å². The van der Waals surface area contributed by atoms with Crippen molar-refractivity contribution in [3.63, 3.8) is 0 Å². The number of carbonyl (C=O) groups is 1. The van der Waals surface area contributed by atoms with Crippen LogP contribution in [0.15, 0.2) is 28.7 Å². The predicted molar refractivity (Wildman–Crippen MR) is 74.5 cm³/mol. The van der Waals surface area contributed by atoms with Gasteiger partial charge in [0, 0.05) is 28.5 Å². The van der Waals surface area contributed by atoms with Crippen molar-refractivity contribution in [1.82, 2.24) is 9.78 Å². The first-order chi connectivity index (χ1) is 8.47. The van der Waals surface area contributed by atoms with Gasteiger partial charge in [-0.2, -0.15) is 5.10 Å². The van der Waals surface area contributed by atoms with Crippen molar-refractivity contribution in [1.29, 1.82) is 0 Å². The summed E-state index contributed by atoms with van der Waals surface area (Å²) < 4.78 is 2.49. The van der Waals surface area contributed by atoms with E-state index in [1.54, 1.807) is 22.9 Å². The molecule has 0 aliphatic rings. The minimum absolute atomic E-state index is 0.0252. The fraction of sp³-hybridized carbons (Fsp3) is 0.231. The van der Waals surface area contributed by atoms with Gasteiger partial charge in [0.25, 0.3) is 0 Å². The lowest BCUT2D eigenvalue weighted by Gasteiger charge is -2.05. The molecule has 5 heteroatoms. The van der Waals surface area contributed by atoms with Gasteiger partial charge in [-0.25, -0.2) is 0 Å². The van der Waals surface area contributed by atoms with Crippen molar-refractivity contribution in [2.75, 3.05) is 5.73 Å². The van der Waals surface area contributed by atoms with Gasteiger partial charge in [0.15, 0.2) is 5.78 Å². The molecule has 0 aliphatic heterocycles. The van der Waals surface area contributed by atoms with Crippen LogP contribution >= 0.6 is 15.9 Å². The van der Waals surface area contributed by atoms with Crippen LogP contribution in [0, 0.1) is 6.92 Å². The molecule has 2 rings (SSSR count). The highest BCUT2D eigenvalue weighted by atomic mass is 79.9. The van der Waals surface area contributed by atoms with Crippen molar-refractivity contribution in [2.24, 2.45) is 7.05 Å². The van der Waals surface area contributed by atoms with E-state index in [-0.39, 0.29) is 5.78 Å². The molecule has 0 fully saturated rings. The highest BCUT2D eigenvalue weighted by Gasteiger charge is 2.13. The third-order valence-corrected chi connectivity index (χ3v) is 3.42. The molecule has 2 N–H and O–H groups in total. The Kier molecular flexibility index (Phi) is 3.52. The van der Waals surface area contributed by atoms with E-state index >= 15 is 0 Å². The number of nitrogens with two attached hydrogens (primary N) is 1. The topological polar surface area (TPSA) is 60.9 Å². The van der Waals surface area contributed by atoms with Crippen LogP contribution in [-0.4, -0.2) is 15.6 Å². The van der Waals surface area contributed by atoms with E-state index in [1.807, 2.05) is 20.0 Å². The summed E-state index contributed by atoms with van der Waals surface area (Å²) >= 11 is 3.37. The van der Waals surface area contributed by atoms with E-state index in [4.69, 9.17) is 5.73 Å². The number of Topliss-reactive ketones (excluding diaryl/α,β-unsaturated/α-hetero) is 1. The lowest BCUT2D eigenvalue weighted by molar-refractivity contribution is 0.0990. The summed E-state index contributed by atoms with van der Waals surface area (Å²) in [4.78, 5) is 12.2. The Morgan fingerprint density at radius 1 is 1.44 bits per heavy atom. The maximum Gasteiger partial charge on any atom is 0.170 e. The normalized spacial score (nSPS) is 10.6. The average Bonchev–Trinajstić information content (AvgIpc) is 2.61. The lowest BCUT2D eigenvalue weighted by atomic mass is 10.1. The molecule has 0 radical (unpaired) electrons. The highest BCUT2D eigenvalue weighted by Crippen LogP contribution is 2.21. The number of nitrogen functional groups attached to an aromatic ring is 1. The maximum absolute atomic E-state index is 12.2. The number of anilines is 1. The molecule has 4 nitrogen and oxygen atoms in total. The van der Waals surface area contributed by atoms with Crippen molar-refractivity contribution < 1.29 is 4.79 Å². The van der Waals surface area contributed by atoms with Crippen molar-refractivity contribution >= 4 is 27.4 Å². The summed E-state index contributed by atoms with van der Waals surface area (Å²) in [5.74, 6) is 0.0252. The number of hydrogen-bond donors (Lipinski definition) is 1. The number of aromatic nitrogens is 2. The van der Waals surface area contributed by atoms with Gasteiger partial charge in [0.1, 0.15) is 0 Å². The number of nitrogens with zero attached hydrogens (tertiary/aromatic N) is 2.